The SMILES string of the molecule is CCn1c(NC(=O)C(/C=C\N)=C/N)nc2c(OC)c(OCCCN3CCOCC3)ccc2c1=O. The Kier molecular flexibility index (Phi) is 8.88. The molecule has 0 aliphatic carbocycles. The number of carbonyl (C=O) groups excluding carboxylic acids is 1. The predicted molar refractivity (Wildman–Crippen MR) is 130 cm³/mol. The van der Waals surface area contributed by atoms with Crippen LogP contribution in [0.4, 0.5) is 5.95 Å². The summed E-state index contributed by atoms with van der Waals surface area (Å²) in [7, 11) is 1.49. The molecule has 1 aromatic heterocycles. The minimum Gasteiger partial charge on any atom is -0.491 e. The number of hydrogen-bond donors (Lipinski definition) is 3. The highest BCUT2D eigenvalue weighted by Gasteiger charge is 2.19. The molecular weight excluding hydrogens is 440 g/mol. The Bertz CT molecular complexity index is 1120. The van der Waals surface area contributed by atoms with Crippen LogP contribution in [-0.4, -0.2) is 66.9 Å². The van der Waals surface area contributed by atoms with Crippen molar-refractivity contribution in [1.82, 2.24) is 14.5 Å². The van der Waals surface area contributed by atoms with Crippen LogP contribution in [0, 0.1) is 0 Å². The smallest absolute Gasteiger partial charge is 0.262 e. The molecule has 0 spiro atoms. The summed E-state index contributed by atoms with van der Waals surface area (Å²) in [5.74, 6) is 0.324. The number of aromatic nitrogens is 2. The van der Waals surface area contributed by atoms with E-state index in [0.29, 0.717) is 35.6 Å². The lowest BCUT2D eigenvalue weighted by molar-refractivity contribution is -0.112. The third kappa shape index (κ3) is 5.67. The maximum atomic E-state index is 13.1. The van der Waals surface area contributed by atoms with E-state index < -0.39 is 5.91 Å². The molecule has 11 heteroatoms. The van der Waals surface area contributed by atoms with Crippen LogP contribution in [0.15, 0.2) is 41.0 Å². The van der Waals surface area contributed by atoms with Gasteiger partial charge in [-0.15, -0.1) is 0 Å². The minimum absolute atomic E-state index is 0.0672. The Morgan fingerprint density at radius 2 is 2.06 bits per heavy atom. The number of rotatable bonds is 10. The predicted octanol–water partition coefficient (Wildman–Crippen LogP) is 0.780. The Morgan fingerprint density at radius 1 is 1.29 bits per heavy atom. The van der Waals surface area contributed by atoms with Crippen molar-refractivity contribution in [2.45, 2.75) is 19.9 Å². The number of fused-ring (bicyclic) bond motifs is 1. The van der Waals surface area contributed by atoms with Crippen molar-refractivity contribution in [1.29, 1.82) is 0 Å². The molecule has 0 bridgehead atoms. The molecule has 1 aliphatic heterocycles. The van der Waals surface area contributed by atoms with Crippen molar-refractivity contribution in [2.24, 2.45) is 11.5 Å². The van der Waals surface area contributed by atoms with Crippen molar-refractivity contribution in [3.8, 4) is 11.5 Å². The number of nitrogens with two attached hydrogens (primary N) is 2. The molecule has 3 rings (SSSR count). The molecule has 0 unspecified atom stereocenters. The molecule has 184 valence electrons. The number of hydrogen-bond acceptors (Lipinski definition) is 9. The highest BCUT2D eigenvalue weighted by molar-refractivity contribution is 6.05. The molecule has 0 saturated carbocycles. The summed E-state index contributed by atoms with van der Waals surface area (Å²) in [6, 6.07) is 3.36. The van der Waals surface area contributed by atoms with Crippen LogP contribution in [-0.2, 0) is 16.1 Å². The Hall–Kier alpha value is -3.57. The second-order valence-corrected chi connectivity index (χ2v) is 7.57. The van der Waals surface area contributed by atoms with E-state index in [-0.39, 0.29) is 17.1 Å². The van der Waals surface area contributed by atoms with Gasteiger partial charge in [-0.1, -0.05) is 0 Å². The maximum absolute atomic E-state index is 13.1. The van der Waals surface area contributed by atoms with E-state index in [1.54, 1.807) is 19.1 Å². The summed E-state index contributed by atoms with van der Waals surface area (Å²) < 4.78 is 18.3. The number of nitrogens with one attached hydrogen (secondary N) is 1. The molecule has 34 heavy (non-hydrogen) atoms. The van der Waals surface area contributed by atoms with Crippen molar-refractivity contribution in [3.63, 3.8) is 0 Å². The average molecular weight is 473 g/mol. The zero-order valence-electron chi connectivity index (χ0n) is 19.6. The zero-order valence-corrected chi connectivity index (χ0v) is 19.6. The molecule has 1 amide bonds. The lowest BCUT2D eigenvalue weighted by Gasteiger charge is -2.26. The molecular formula is C23H32N6O5. The molecule has 5 N–H and O–H groups in total. The molecule has 2 aromatic rings. The van der Waals surface area contributed by atoms with Gasteiger partial charge in [-0.05, 0) is 37.8 Å². The van der Waals surface area contributed by atoms with Gasteiger partial charge in [0.15, 0.2) is 11.5 Å². The molecule has 1 aromatic carbocycles. The molecule has 0 radical (unpaired) electrons. The number of morpholine rings is 1. The summed E-state index contributed by atoms with van der Waals surface area (Å²) in [5.41, 5.74) is 11.0. The molecule has 0 atom stereocenters. The fourth-order valence-corrected chi connectivity index (χ4v) is 3.72. The molecule has 2 heterocycles. The van der Waals surface area contributed by atoms with E-state index in [9.17, 15) is 9.59 Å². The number of methoxy groups -OCH3 is 1. The summed E-state index contributed by atoms with van der Waals surface area (Å²) >= 11 is 0. The van der Waals surface area contributed by atoms with Crippen molar-refractivity contribution < 1.29 is 19.0 Å². The lowest BCUT2D eigenvalue weighted by atomic mass is 10.2. The first-order valence-electron chi connectivity index (χ1n) is 11.2. The van der Waals surface area contributed by atoms with Crippen LogP contribution < -0.4 is 31.8 Å². The Morgan fingerprint density at radius 3 is 2.71 bits per heavy atom. The van der Waals surface area contributed by atoms with Crippen LogP contribution >= 0.6 is 0 Å². The number of benzene rings is 1. The zero-order chi connectivity index (χ0) is 24.5. The van der Waals surface area contributed by atoms with Gasteiger partial charge in [0.25, 0.3) is 11.5 Å². The summed E-state index contributed by atoms with van der Waals surface area (Å²) in [6.45, 7) is 6.82. The third-order valence-electron chi connectivity index (χ3n) is 5.49. The Balaban J connectivity index is 1.87. The van der Waals surface area contributed by atoms with Gasteiger partial charge in [-0.25, -0.2) is 4.98 Å². The highest BCUT2D eigenvalue weighted by Crippen LogP contribution is 2.34. The first-order valence-corrected chi connectivity index (χ1v) is 11.2. The van der Waals surface area contributed by atoms with Crippen molar-refractivity contribution >= 4 is 22.8 Å². The summed E-state index contributed by atoms with van der Waals surface area (Å²) in [4.78, 5) is 32.6. The molecule has 1 aliphatic rings. The fourth-order valence-electron chi connectivity index (χ4n) is 3.72. The summed E-state index contributed by atoms with van der Waals surface area (Å²) in [6.07, 6.45) is 4.51. The third-order valence-corrected chi connectivity index (χ3v) is 5.49. The van der Waals surface area contributed by atoms with Gasteiger partial charge in [0.05, 0.1) is 37.9 Å². The van der Waals surface area contributed by atoms with Crippen LogP contribution in [0.2, 0.25) is 0 Å². The van der Waals surface area contributed by atoms with Gasteiger partial charge in [0, 0.05) is 32.4 Å². The first kappa shape index (κ1) is 25.1. The normalized spacial score (nSPS) is 15.1. The van der Waals surface area contributed by atoms with E-state index >= 15 is 0 Å². The molecule has 1 fully saturated rings. The van der Waals surface area contributed by atoms with E-state index in [4.69, 9.17) is 25.7 Å². The standard InChI is InChI=1S/C23H32N6O5/c1-3-29-22(31)17-5-6-18(34-12-4-9-28-10-13-33-14-11-28)20(32-2)19(17)26-23(29)27-21(30)16(15-25)7-8-24/h5-8,15H,3-4,9-14,24-25H2,1-2H3,(H,26,27,30)/b8-7-,16-15+. The van der Waals surface area contributed by atoms with E-state index in [1.165, 1.54) is 24.0 Å². The van der Waals surface area contributed by atoms with Crippen LogP contribution in [0.3, 0.4) is 0 Å². The van der Waals surface area contributed by atoms with Gasteiger partial charge in [-0.3, -0.25) is 24.4 Å². The topological polar surface area (TPSA) is 147 Å². The van der Waals surface area contributed by atoms with E-state index in [1.807, 2.05) is 0 Å². The van der Waals surface area contributed by atoms with Gasteiger partial charge in [-0.2, -0.15) is 0 Å². The molecule has 1 saturated heterocycles. The highest BCUT2D eigenvalue weighted by atomic mass is 16.5. The van der Waals surface area contributed by atoms with Gasteiger partial charge in [0.2, 0.25) is 5.95 Å². The average Bonchev–Trinajstić information content (AvgIpc) is 2.85. The van der Waals surface area contributed by atoms with Crippen LogP contribution in [0.5, 0.6) is 11.5 Å². The first-order chi connectivity index (χ1) is 16.5. The largest absolute Gasteiger partial charge is 0.491 e. The monoisotopic (exact) mass is 472 g/mol. The minimum atomic E-state index is -0.549. The number of anilines is 1. The van der Waals surface area contributed by atoms with Crippen LogP contribution in [0.1, 0.15) is 13.3 Å². The fraction of sp³-hybridized carbons (Fsp3) is 0.435. The van der Waals surface area contributed by atoms with Crippen LogP contribution in [0.25, 0.3) is 10.9 Å². The van der Waals surface area contributed by atoms with E-state index in [2.05, 4.69) is 15.2 Å². The lowest BCUT2D eigenvalue weighted by Crippen LogP contribution is -2.37. The van der Waals surface area contributed by atoms with Gasteiger partial charge >= 0.3 is 0 Å². The number of amides is 1. The van der Waals surface area contributed by atoms with Gasteiger partial charge < -0.3 is 25.7 Å². The second kappa shape index (κ2) is 12.1. The number of carbonyl (C=O) groups is 1. The quantitative estimate of drug-likeness (QED) is 0.259. The second-order valence-electron chi connectivity index (χ2n) is 7.57. The molecule has 11 nitrogen and oxygen atoms in total. The summed E-state index contributed by atoms with van der Waals surface area (Å²) in [5, 5.41) is 2.99. The van der Waals surface area contributed by atoms with Gasteiger partial charge in [0.1, 0.15) is 5.52 Å². The maximum Gasteiger partial charge on any atom is 0.262 e. The van der Waals surface area contributed by atoms with Crippen molar-refractivity contribution in [3.05, 3.63) is 46.5 Å². The van der Waals surface area contributed by atoms with Crippen molar-refractivity contribution in [2.75, 3.05) is 51.9 Å². The Labute approximate surface area is 198 Å². The van der Waals surface area contributed by atoms with E-state index in [0.717, 1.165) is 45.5 Å². The number of nitrogens with zero attached hydrogens (tertiary/aromatic N) is 3. The number of ether oxygens (including phenoxy) is 3.